The van der Waals surface area contributed by atoms with E-state index in [1.54, 1.807) is 0 Å². The van der Waals surface area contributed by atoms with Gasteiger partial charge in [0.1, 0.15) is 0 Å². The third-order valence-electron chi connectivity index (χ3n) is 3.77. The number of hydrogen-bond donors (Lipinski definition) is 1. The third kappa shape index (κ3) is 4.35. The summed E-state index contributed by atoms with van der Waals surface area (Å²) in [4.78, 5) is 14.3. The molecular weight excluding hydrogens is 236 g/mol. The summed E-state index contributed by atoms with van der Waals surface area (Å²) in [5, 5.41) is 0. The van der Waals surface area contributed by atoms with Crippen LogP contribution >= 0.6 is 0 Å². The molecule has 0 unspecified atom stereocenters. The molecule has 0 aromatic heterocycles. The second-order valence-electron chi connectivity index (χ2n) is 5.74. The fourth-order valence-electron chi connectivity index (χ4n) is 2.45. The summed E-state index contributed by atoms with van der Waals surface area (Å²) in [5.74, 6) is 0.881. The standard InChI is InChI=1S/C16H24N2O/c1-13(17)10-16(19)18(12-15-8-5-9-15)11-14-6-3-2-4-7-14/h2-4,6-7,13,15H,5,8-12,17H2,1H3/t13-/m1/s1. The summed E-state index contributed by atoms with van der Waals surface area (Å²) in [7, 11) is 0. The molecule has 1 amide bonds. The Hall–Kier alpha value is -1.35. The first-order valence-corrected chi connectivity index (χ1v) is 7.22. The lowest BCUT2D eigenvalue weighted by molar-refractivity contribution is -0.133. The summed E-state index contributed by atoms with van der Waals surface area (Å²) in [6.07, 6.45) is 4.28. The second kappa shape index (κ2) is 6.71. The lowest BCUT2D eigenvalue weighted by Gasteiger charge is -2.33. The lowest BCUT2D eigenvalue weighted by Crippen LogP contribution is -2.39. The number of rotatable bonds is 6. The molecule has 1 aliphatic rings. The average molecular weight is 260 g/mol. The molecule has 0 saturated heterocycles. The van der Waals surface area contributed by atoms with E-state index in [-0.39, 0.29) is 11.9 Å². The van der Waals surface area contributed by atoms with Crippen LogP contribution in [-0.4, -0.2) is 23.4 Å². The summed E-state index contributed by atoms with van der Waals surface area (Å²) in [6.45, 7) is 3.49. The third-order valence-corrected chi connectivity index (χ3v) is 3.77. The SMILES string of the molecule is C[C@@H](N)CC(=O)N(Cc1ccccc1)CC1CCC1. The van der Waals surface area contributed by atoms with Gasteiger partial charge in [0.25, 0.3) is 0 Å². The Morgan fingerprint density at radius 3 is 2.58 bits per heavy atom. The van der Waals surface area contributed by atoms with E-state index in [1.165, 1.54) is 24.8 Å². The van der Waals surface area contributed by atoms with Crippen molar-refractivity contribution in [3.63, 3.8) is 0 Å². The van der Waals surface area contributed by atoms with E-state index >= 15 is 0 Å². The smallest absolute Gasteiger partial charge is 0.224 e. The summed E-state index contributed by atoms with van der Waals surface area (Å²) in [6, 6.07) is 10.1. The highest BCUT2D eigenvalue weighted by Gasteiger charge is 2.24. The van der Waals surface area contributed by atoms with Gasteiger partial charge in [-0.25, -0.2) is 0 Å². The minimum atomic E-state index is -0.0628. The highest BCUT2D eigenvalue weighted by atomic mass is 16.2. The van der Waals surface area contributed by atoms with E-state index in [2.05, 4.69) is 12.1 Å². The molecule has 3 heteroatoms. The Morgan fingerprint density at radius 1 is 1.37 bits per heavy atom. The van der Waals surface area contributed by atoms with E-state index in [4.69, 9.17) is 5.73 Å². The molecule has 104 valence electrons. The minimum Gasteiger partial charge on any atom is -0.338 e. The number of nitrogens with two attached hydrogens (primary N) is 1. The number of hydrogen-bond acceptors (Lipinski definition) is 2. The van der Waals surface area contributed by atoms with Crippen molar-refractivity contribution in [2.75, 3.05) is 6.54 Å². The highest BCUT2D eigenvalue weighted by Crippen LogP contribution is 2.27. The zero-order chi connectivity index (χ0) is 13.7. The van der Waals surface area contributed by atoms with Crippen molar-refractivity contribution in [1.82, 2.24) is 4.90 Å². The monoisotopic (exact) mass is 260 g/mol. The maximum absolute atomic E-state index is 12.3. The van der Waals surface area contributed by atoms with Gasteiger partial charge >= 0.3 is 0 Å². The van der Waals surface area contributed by atoms with Crippen molar-refractivity contribution in [1.29, 1.82) is 0 Å². The molecule has 3 nitrogen and oxygen atoms in total. The van der Waals surface area contributed by atoms with Gasteiger partial charge in [0, 0.05) is 25.6 Å². The van der Waals surface area contributed by atoms with Gasteiger partial charge in [-0.1, -0.05) is 36.8 Å². The number of carbonyl (C=O) groups is 1. The van der Waals surface area contributed by atoms with Gasteiger partial charge < -0.3 is 10.6 Å². The fourth-order valence-corrected chi connectivity index (χ4v) is 2.45. The zero-order valence-electron chi connectivity index (χ0n) is 11.7. The van der Waals surface area contributed by atoms with Gasteiger partial charge in [0.2, 0.25) is 5.91 Å². The Bertz CT molecular complexity index is 398. The van der Waals surface area contributed by atoms with Crippen LogP contribution in [0.5, 0.6) is 0 Å². The number of carbonyl (C=O) groups excluding carboxylic acids is 1. The number of benzene rings is 1. The van der Waals surface area contributed by atoms with Gasteiger partial charge in [-0.15, -0.1) is 0 Å². The molecule has 2 rings (SSSR count). The molecular formula is C16H24N2O. The Morgan fingerprint density at radius 2 is 2.05 bits per heavy atom. The van der Waals surface area contributed by atoms with Crippen molar-refractivity contribution in [2.24, 2.45) is 11.7 Å². The molecule has 0 aliphatic heterocycles. The van der Waals surface area contributed by atoms with E-state index in [9.17, 15) is 4.79 Å². The summed E-state index contributed by atoms with van der Waals surface area (Å²) in [5.41, 5.74) is 6.95. The van der Waals surface area contributed by atoms with E-state index < -0.39 is 0 Å². The molecule has 1 aliphatic carbocycles. The van der Waals surface area contributed by atoms with Gasteiger partial charge in [-0.2, -0.15) is 0 Å². The van der Waals surface area contributed by atoms with Crippen molar-refractivity contribution >= 4 is 5.91 Å². The first-order chi connectivity index (χ1) is 9.15. The number of amides is 1. The molecule has 1 saturated carbocycles. The van der Waals surface area contributed by atoms with Gasteiger partial charge in [-0.3, -0.25) is 4.79 Å². The molecule has 0 heterocycles. The minimum absolute atomic E-state index is 0.0628. The topological polar surface area (TPSA) is 46.3 Å². The predicted octanol–water partition coefficient (Wildman–Crippen LogP) is 2.55. The van der Waals surface area contributed by atoms with Crippen LogP contribution in [-0.2, 0) is 11.3 Å². The molecule has 1 aromatic rings. The first kappa shape index (κ1) is 14.1. The first-order valence-electron chi connectivity index (χ1n) is 7.22. The molecule has 2 N–H and O–H groups in total. The Kier molecular flexibility index (Phi) is 4.97. The van der Waals surface area contributed by atoms with Gasteiger partial charge in [0.15, 0.2) is 0 Å². The second-order valence-corrected chi connectivity index (χ2v) is 5.74. The zero-order valence-corrected chi connectivity index (χ0v) is 11.7. The van der Waals surface area contributed by atoms with Crippen LogP contribution in [0.2, 0.25) is 0 Å². The van der Waals surface area contributed by atoms with Crippen molar-refractivity contribution in [3.05, 3.63) is 35.9 Å². The largest absolute Gasteiger partial charge is 0.338 e. The molecule has 19 heavy (non-hydrogen) atoms. The highest BCUT2D eigenvalue weighted by molar-refractivity contribution is 5.76. The normalized spacial score (nSPS) is 16.7. The summed E-state index contributed by atoms with van der Waals surface area (Å²) < 4.78 is 0. The maximum atomic E-state index is 12.3. The molecule has 1 atom stereocenters. The van der Waals surface area contributed by atoms with Crippen molar-refractivity contribution in [3.8, 4) is 0 Å². The van der Waals surface area contributed by atoms with Crippen LogP contribution < -0.4 is 5.73 Å². The van der Waals surface area contributed by atoms with E-state index in [0.29, 0.717) is 18.9 Å². The Balaban J connectivity index is 1.98. The van der Waals surface area contributed by atoms with Crippen LogP contribution in [0.1, 0.15) is 38.2 Å². The average Bonchev–Trinajstić information content (AvgIpc) is 2.32. The Labute approximate surface area is 115 Å². The lowest BCUT2D eigenvalue weighted by atomic mass is 9.85. The van der Waals surface area contributed by atoms with E-state index in [0.717, 1.165) is 6.54 Å². The van der Waals surface area contributed by atoms with Crippen molar-refractivity contribution in [2.45, 2.75) is 45.2 Å². The molecule has 1 fully saturated rings. The predicted molar refractivity (Wildman–Crippen MR) is 77.5 cm³/mol. The van der Waals surface area contributed by atoms with Crippen LogP contribution in [0.4, 0.5) is 0 Å². The molecule has 0 spiro atoms. The fraction of sp³-hybridized carbons (Fsp3) is 0.562. The van der Waals surface area contributed by atoms with Gasteiger partial charge in [-0.05, 0) is 31.2 Å². The van der Waals surface area contributed by atoms with Crippen LogP contribution in [0.15, 0.2) is 30.3 Å². The van der Waals surface area contributed by atoms with Crippen molar-refractivity contribution < 1.29 is 4.79 Å². The quantitative estimate of drug-likeness (QED) is 0.854. The van der Waals surface area contributed by atoms with E-state index in [1.807, 2.05) is 30.0 Å². The summed E-state index contributed by atoms with van der Waals surface area (Å²) >= 11 is 0. The molecule has 1 aromatic carbocycles. The van der Waals surface area contributed by atoms with Gasteiger partial charge in [0.05, 0.1) is 0 Å². The van der Waals surface area contributed by atoms with Crippen LogP contribution in [0.3, 0.4) is 0 Å². The van der Waals surface area contributed by atoms with Crippen LogP contribution in [0, 0.1) is 5.92 Å². The number of nitrogens with zero attached hydrogens (tertiary/aromatic N) is 1. The maximum Gasteiger partial charge on any atom is 0.224 e. The molecule has 0 bridgehead atoms. The van der Waals surface area contributed by atoms with Crippen LogP contribution in [0.25, 0.3) is 0 Å². The molecule has 0 radical (unpaired) electrons.